The molecule has 0 aliphatic carbocycles. The SMILES string of the molecule is CNC(=O)c1cccc(NC(=O)/C=C/c2ccc3c(c2)CCO3)c1. The van der Waals surface area contributed by atoms with Crippen molar-refractivity contribution >= 4 is 23.6 Å². The van der Waals surface area contributed by atoms with Gasteiger partial charge in [0.05, 0.1) is 6.61 Å². The highest BCUT2D eigenvalue weighted by Gasteiger charge is 2.11. The average molecular weight is 322 g/mol. The summed E-state index contributed by atoms with van der Waals surface area (Å²) in [4.78, 5) is 23.7. The second kappa shape index (κ2) is 7.00. The molecular weight excluding hydrogens is 304 g/mol. The first kappa shape index (κ1) is 15.8. The lowest BCUT2D eigenvalue weighted by Gasteiger charge is -2.05. The smallest absolute Gasteiger partial charge is 0.251 e. The molecule has 2 aromatic carbocycles. The largest absolute Gasteiger partial charge is 0.493 e. The van der Waals surface area contributed by atoms with Crippen LogP contribution in [0.15, 0.2) is 48.5 Å². The summed E-state index contributed by atoms with van der Waals surface area (Å²) in [6.45, 7) is 0.713. The lowest BCUT2D eigenvalue weighted by atomic mass is 10.1. The molecule has 0 unspecified atom stereocenters. The molecule has 5 nitrogen and oxygen atoms in total. The van der Waals surface area contributed by atoms with Gasteiger partial charge in [0.2, 0.25) is 5.91 Å². The van der Waals surface area contributed by atoms with Crippen LogP contribution < -0.4 is 15.4 Å². The van der Waals surface area contributed by atoms with Gasteiger partial charge in [0.1, 0.15) is 5.75 Å². The van der Waals surface area contributed by atoms with E-state index < -0.39 is 0 Å². The lowest BCUT2D eigenvalue weighted by molar-refractivity contribution is -0.111. The molecule has 122 valence electrons. The number of benzene rings is 2. The zero-order valence-corrected chi connectivity index (χ0v) is 13.3. The number of fused-ring (bicyclic) bond motifs is 1. The predicted molar refractivity (Wildman–Crippen MR) is 93.1 cm³/mol. The van der Waals surface area contributed by atoms with Crippen LogP contribution in [-0.4, -0.2) is 25.5 Å². The number of rotatable bonds is 4. The van der Waals surface area contributed by atoms with Crippen molar-refractivity contribution in [3.63, 3.8) is 0 Å². The Morgan fingerprint density at radius 2 is 2.04 bits per heavy atom. The fourth-order valence-corrected chi connectivity index (χ4v) is 2.55. The van der Waals surface area contributed by atoms with E-state index in [1.165, 1.54) is 6.08 Å². The van der Waals surface area contributed by atoms with Gasteiger partial charge in [-0.15, -0.1) is 0 Å². The Balaban J connectivity index is 1.66. The molecule has 0 radical (unpaired) electrons. The van der Waals surface area contributed by atoms with Gasteiger partial charge in [-0.05, 0) is 47.5 Å². The lowest BCUT2D eigenvalue weighted by Crippen LogP contribution is -2.18. The van der Waals surface area contributed by atoms with E-state index in [0.717, 1.165) is 23.3 Å². The highest BCUT2D eigenvalue weighted by atomic mass is 16.5. The van der Waals surface area contributed by atoms with Gasteiger partial charge in [0.25, 0.3) is 5.91 Å². The van der Waals surface area contributed by atoms with Gasteiger partial charge < -0.3 is 15.4 Å². The van der Waals surface area contributed by atoms with Crippen LogP contribution in [0.3, 0.4) is 0 Å². The molecule has 1 heterocycles. The Morgan fingerprint density at radius 1 is 1.17 bits per heavy atom. The second-order valence-corrected chi connectivity index (χ2v) is 5.45. The van der Waals surface area contributed by atoms with Crippen LogP contribution in [0.25, 0.3) is 6.08 Å². The summed E-state index contributed by atoms with van der Waals surface area (Å²) >= 11 is 0. The summed E-state index contributed by atoms with van der Waals surface area (Å²) < 4.78 is 5.46. The number of ether oxygens (including phenoxy) is 1. The molecule has 0 spiro atoms. The van der Waals surface area contributed by atoms with Crippen molar-refractivity contribution in [2.75, 3.05) is 19.0 Å². The van der Waals surface area contributed by atoms with Crippen LogP contribution in [-0.2, 0) is 11.2 Å². The Morgan fingerprint density at radius 3 is 2.88 bits per heavy atom. The van der Waals surface area contributed by atoms with Crippen LogP contribution in [0.5, 0.6) is 5.75 Å². The number of nitrogens with one attached hydrogen (secondary N) is 2. The normalized spacial score (nSPS) is 12.5. The quantitative estimate of drug-likeness (QED) is 0.850. The monoisotopic (exact) mass is 322 g/mol. The van der Waals surface area contributed by atoms with Gasteiger partial charge in [-0.25, -0.2) is 0 Å². The third kappa shape index (κ3) is 3.63. The van der Waals surface area contributed by atoms with Crippen LogP contribution in [0, 0.1) is 0 Å². The van der Waals surface area contributed by atoms with Crippen LogP contribution in [0.4, 0.5) is 5.69 Å². The third-order valence-corrected chi connectivity index (χ3v) is 3.76. The van der Waals surface area contributed by atoms with E-state index >= 15 is 0 Å². The van der Waals surface area contributed by atoms with Gasteiger partial charge in [-0.3, -0.25) is 9.59 Å². The van der Waals surface area contributed by atoms with E-state index in [1.54, 1.807) is 37.4 Å². The van der Waals surface area contributed by atoms with Crippen molar-refractivity contribution in [2.24, 2.45) is 0 Å². The van der Waals surface area contributed by atoms with Crippen molar-refractivity contribution in [2.45, 2.75) is 6.42 Å². The van der Waals surface area contributed by atoms with Crippen molar-refractivity contribution in [3.05, 3.63) is 65.2 Å². The molecule has 0 bridgehead atoms. The minimum Gasteiger partial charge on any atom is -0.493 e. The average Bonchev–Trinajstić information content (AvgIpc) is 3.07. The first-order valence-electron chi connectivity index (χ1n) is 7.72. The summed E-state index contributed by atoms with van der Waals surface area (Å²) in [5, 5.41) is 5.31. The Hall–Kier alpha value is -3.08. The van der Waals surface area contributed by atoms with Crippen LogP contribution in [0.2, 0.25) is 0 Å². The number of carbonyl (C=O) groups is 2. The van der Waals surface area contributed by atoms with Crippen molar-refractivity contribution in [3.8, 4) is 5.75 Å². The summed E-state index contributed by atoms with van der Waals surface area (Å²) in [5.41, 5.74) is 3.19. The van der Waals surface area contributed by atoms with E-state index in [4.69, 9.17) is 4.74 Å². The first-order chi connectivity index (χ1) is 11.7. The molecule has 2 aromatic rings. The zero-order valence-electron chi connectivity index (χ0n) is 13.3. The summed E-state index contributed by atoms with van der Waals surface area (Å²) in [6.07, 6.45) is 4.14. The van der Waals surface area contributed by atoms with Gasteiger partial charge in [0.15, 0.2) is 0 Å². The number of carbonyl (C=O) groups excluding carboxylic acids is 2. The van der Waals surface area contributed by atoms with Crippen molar-refractivity contribution in [1.82, 2.24) is 5.32 Å². The van der Waals surface area contributed by atoms with Crippen molar-refractivity contribution < 1.29 is 14.3 Å². The molecular formula is C19H18N2O3. The van der Waals surface area contributed by atoms with E-state index in [1.807, 2.05) is 18.2 Å². The topological polar surface area (TPSA) is 67.4 Å². The fraction of sp³-hybridized carbons (Fsp3) is 0.158. The van der Waals surface area contributed by atoms with Crippen molar-refractivity contribution in [1.29, 1.82) is 0 Å². The van der Waals surface area contributed by atoms with Gasteiger partial charge in [-0.2, -0.15) is 0 Å². The first-order valence-corrected chi connectivity index (χ1v) is 7.72. The van der Waals surface area contributed by atoms with Crippen LogP contribution in [0.1, 0.15) is 21.5 Å². The molecule has 1 aliphatic rings. The highest BCUT2D eigenvalue weighted by Crippen LogP contribution is 2.26. The van der Waals surface area contributed by atoms with Gasteiger partial charge in [0, 0.05) is 30.8 Å². The number of amides is 2. The fourth-order valence-electron chi connectivity index (χ4n) is 2.55. The summed E-state index contributed by atoms with van der Waals surface area (Å²) in [7, 11) is 1.57. The molecule has 0 saturated carbocycles. The number of hydrogen-bond donors (Lipinski definition) is 2. The molecule has 0 saturated heterocycles. The minimum atomic E-state index is -0.249. The number of anilines is 1. The number of hydrogen-bond acceptors (Lipinski definition) is 3. The highest BCUT2D eigenvalue weighted by molar-refractivity contribution is 6.03. The Labute approximate surface area is 140 Å². The maximum atomic E-state index is 12.0. The Bertz CT molecular complexity index is 812. The molecule has 0 aromatic heterocycles. The third-order valence-electron chi connectivity index (χ3n) is 3.76. The summed E-state index contributed by atoms with van der Waals surface area (Å²) in [5.74, 6) is 0.477. The van der Waals surface area contributed by atoms with Crippen LogP contribution >= 0.6 is 0 Å². The second-order valence-electron chi connectivity index (χ2n) is 5.45. The zero-order chi connectivity index (χ0) is 16.9. The molecule has 24 heavy (non-hydrogen) atoms. The van der Waals surface area contributed by atoms with Gasteiger partial charge >= 0.3 is 0 Å². The maximum absolute atomic E-state index is 12.0. The van der Waals surface area contributed by atoms with Gasteiger partial charge in [-0.1, -0.05) is 12.1 Å². The molecule has 2 N–H and O–H groups in total. The van der Waals surface area contributed by atoms with E-state index in [0.29, 0.717) is 17.9 Å². The molecule has 1 aliphatic heterocycles. The molecule has 0 atom stereocenters. The van der Waals surface area contributed by atoms with E-state index in [-0.39, 0.29) is 11.8 Å². The van der Waals surface area contributed by atoms with E-state index in [2.05, 4.69) is 10.6 Å². The molecule has 3 rings (SSSR count). The van der Waals surface area contributed by atoms with E-state index in [9.17, 15) is 9.59 Å². The summed E-state index contributed by atoms with van der Waals surface area (Å²) in [6, 6.07) is 12.7. The standard InChI is InChI=1S/C19H18N2O3/c1-20-19(23)15-3-2-4-16(12-15)21-18(22)8-6-13-5-7-17-14(11-13)9-10-24-17/h2-8,11-12H,9-10H2,1H3,(H,20,23)(H,21,22)/b8-6+. The maximum Gasteiger partial charge on any atom is 0.251 e. The molecule has 2 amide bonds. The Kier molecular flexibility index (Phi) is 4.61. The molecule has 5 heteroatoms. The predicted octanol–water partition coefficient (Wildman–Crippen LogP) is 2.63. The molecule has 0 fully saturated rings. The minimum absolute atomic E-state index is 0.193.